The van der Waals surface area contributed by atoms with E-state index in [1.807, 2.05) is 13.8 Å². The quantitative estimate of drug-likeness (QED) is 0.607. The number of aliphatic hydroxyl groups excluding tert-OH is 1. The van der Waals surface area contributed by atoms with Crippen LogP contribution in [-0.2, 0) is 14.3 Å². The van der Waals surface area contributed by atoms with Gasteiger partial charge in [0.2, 0.25) is 5.91 Å². The monoisotopic (exact) mass is 468 g/mol. The predicted molar refractivity (Wildman–Crippen MR) is 117 cm³/mol. The van der Waals surface area contributed by atoms with Gasteiger partial charge in [-0.15, -0.1) is 10.2 Å². The minimum Gasteiger partial charge on any atom is -0.456 e. The number of nitrogens with zero attached hydrogens (tertiary/aromatic N) is 8. The molecule has 0 aliphatic carbocycles. The fraction of sp³-hybridized carbons (Fsp3) is 0.591. The van der Waals surface area contributed by atoms with Crippen LogP contribution < -0.4 is 0 Å². The van der Waals surface area contributed by atoms with Crippen molar-refractivity contribution in [2.24, 2.45) is 5.41 Å². The van der Waals surface area contributed by atoms with Gasteiger partial charge in [0.15, 0.2) is 5.82 Å². The molecule has 0 aromatic carbocycles. The van der Waals surface area contributed by atoms with Gasteiger partial charge in [0.1, 0.15) is 19.0 Å². The van der Waals surface area contributed by atoms with Crippen LogP contribution in [0.1, 0.15) is 49.1 Å². The first-order valence-electron chi connectivity index (χ1n) is 11.5. The molecule has 0 bridgehead atoms. The zero-order valence-corrected chi connectivity index (χ0v) is 19.6. The molecule has 0 saturated carbocycles. The zero-order chi connectivity index (χ0) is 24.0. The van der Waals surface area contributed by atoms with E-state index in [9.17, 15) is 14.7 Å². The van der Waals surface area contributed by atoms with Gasteiger partial charge in [-0.05, 0) is 69.1 Å². The Morgan fingerprint density at radius 1 is 1.09 bits per heavy atom. The summed E-state index contributed by atoms with van der Waals surface area (Å²) in [4.78, 5) is 29.0. The van der Waals surface area contributed by atoms with Crippen molar-refractivity contribution in [3.05, 3.63) is 34.4 Å². The van der Waals surface area contributed by atoms with E-state index in [0.29, 0.717) is 49.0 Å². The lowest BCUT2D eigenvalue weighted by molar-refractivity contribution is -0.138. The molecular weight excluding hydrogens is 440 g/mol. The van der Waals surface area contributed by atoms with Crippen LogP contribution in [-0.4, -0.2) is 90.0 Å². The second-order valence-corrected chi connectivity index (χ2v) is 9.36. The van der Waals surface area contributed by atoms with E-state index in [1.54, 1.807) is 11.8 Å². The van der Waals surface area contributed by atoms with E-state index in [-0.39, 0.29) is 18.5 Å². The van der Waals surface area contributed by atoms with E-state index >= 15 is 0 Å². The third-order valence-corrected chi connectivity index (χ3v) is 7.58. The Labute approximate surface area is 196 Å². The lowest BCUT2D eigenvalue weighted by atomic mass is 9.77. The number of aliphatic hydroxyl groups is 1. The van der Waals surface area contributed by atoms with Crippen LogP contribution in [0.3, 0.4) is 0 Å². The van der Waals surface area contributed by atoms with Crippen LogP contribution in [0.5, 0.6) is 0 Å². The molecule has 1 N–H and O–H groups in total. The molecule has 34 heavy (non-hydrogen) atoms. The maximum absolute atomic E-state index is 13.3. The summed E-state index contributed by atoms with van der Waals surface area (Å²) >= 11 is 0. The number of aromatic nitrogens is 6. The minimum absolute atomic E-state index is 0.0934. The predicted octanol–water partition coefficient (Wildman–Crippen LogP) is 0.248. The Morgan fingerprint density at radius 3 is 2.47 bits per heavy atom. The highest BCUT2D eigenvalue weighted by Gasteiger charge is 2.50. The molecule has 180 valence electrons. The van der Waals surface area contributed by atoms with Crippen LogP contribution in [0.25, 0.3) is 5.82 Å². The molecule has 12 nitrogen and oxygen atoms in total. The van der Waals surface area contributed by atoms with Crippen molar-refractivity contribution in [1.29, 1.82) is 0 Å². The summed E-state index contributed by atoms with van der Waals surface area (Å²) in [5, 5.41) is 30.5. The number of rotatable bonds is 5. The number of carbonyl (C=O) groups excluding carboxylic acids is 2. The van der Waals surface area contributed by atoms with Gasteiger partial charge in [-0.1, -0.05) is 0 Å². The van der Waals surface area contributed by atoms with Gasteiger partial charge in [-0.25, -0.2) is 4.79 Å². The first-order chi connectivity index (χ1) is 16.3. The number of tetrazole rings is 1. The molecule has 1 amide bonds. The smallest absolute Gasteiger partial charge is 0.336 e. The van der Waals surface area contributed by atoms with Crippen molar-refractivity contribution < 1.29 is 19.4 Å². The van der Waals surface area contributed by atoms with Crippen LogP contribution in [0.4, 0.5) is 0 Å². The van der Waals surface area contributed by atoms with E-state index < -0.39 is 11.5 Å². The Morgan fingerprint density at radius 2 is 1.82 bits per heavy atom. The van der Waals surface area contributed by atoms with Crippen LogP contribution in [0.2, 0.25) is 0 Å². The van der Waals surface area contributed by atoms with Crippen molar-refractivity contribution in [2.45, 2.75) is 46.1 Å². The average molecular weight is 469 g/mol. The number of amides is 1. The lowest BCUT2D eigenvalue weighted by Crippen LogP contribution is -2.45. The standard InChI is InChI=1S/C22H28N8O4/c1-13-14(2)19(30-12-23-26-27-30)25-24-18(13)17(31)10-28-7-4-22(5-8-28)6-9-29(21(22)33)16-11-34-20(32)15(16)3/h12,17,31H,4-11H2,1-3H3/t17-/m0/s1. The van der Waals surface area contributed by atoms with Gasteiger partial charge in [-0.3, -0.25) is 4.79 Å². The largest absolute Gasteiger partial charge is 0.456 e. The second kappa shape index (κ2) is 8.51. The maximum Gasteiger partial charge on any atom is 0.336 e. The Bertz CT molecular complexity index is 1150. The Kier molecular flexibility index (Phi) is 5.64. The maximum atomic E-state index is 13.3. The summed E-state index contributed by atoms with van der Waals surface area (Å²) in [5.74, 6) is 0.283. The van der Waals surface area contributed by atoms with Gasteiger partial charge >= 0.3 is 5.97 Å². The summed E-state index contributed by atoms with van der Waals surface area (Å²) < 4.78 is 6.55. The number of hydrogen-bond donors (Lipinski definition) is 1. The molecule has 2 fully saturated rings. The number of piperidine rings is 1. The average Bonchev–Trinajstić information content (AvgIpc) is 3.54. The van der Waals surface area contributed by atoms with Gasteiger partial charge in [0, 0.05) is 18.7 Å². The van der Waals surface area contributed by atoms with Crippen molar-refractivity contribution in [2.75, 3.05) is 32.8 Å². The first-order valence-corrected chi connectivity index (χ1v) is 11.5. The molecule has 1 spiro atoms. The molecule has 3 aliphatic heterocycles. The van der Waals surface area contributed by atoms with E-state index in [0.717, 1.165) is 30.4 Å². The van der Waals surface area contributed by atoms with Gasteiger partial charge in [-0.2, -0.15) is 9.78 Å². The zero-order valence-electron chi connectivity index (χ0n) is 19.6. The summed E-state index contributed by atoms with van der Waals surface area (Å²) in [6.07, 6.45) is 2.87. The van der Waals surface area contributed by atoms with Crippen LogP contribution in [0, 0.1) is 19.3 Å². The molecule has 5 rings (SSSR count). The van der Waals surface area contributed by atoms with Crippen molar-refractivity contribution >= 4 is 11.9 Å². The van der Waals surface area contributed by atoms with Crippen LogP contribution in [0.15, 0.2) is 17.6 Å². The van der Waals surface area contributed by atoms with Gasteiger partial charge < -0.3 is 19.6 Å². The molecule has 2 aromatic heterocycles. The molecule has 2 aromatic rings. The number of ether oxygens (including phenoxy) is 1. The molecule has 3 aliphatic rings. The summed E-state index contributed by atoms with van der Waals surface area (Å²) in [5.41, 5.74) is 3.07. The van der Waals surface area contributed by atoms with E-state index in [2.05, 4.69) is 30.6 Å². The van der Waals surface area contributed by atoms with E-state index in [4.69, 9.17) is 4.74 Å². The van der Waals surface area contributed by atoms with Crippen molar-refractivity contribution in [3.63, 3.8) is 0 Å². The second-order valence-electron chi connectivity index (χ2n) is 9.36. The normalized spacial score (nSPS) is 21.6. The molecule has 0 radical (unpaired) electrons. The van der Waals surface area contributed by atoms with Gasteiger partial charge in [0.05, 0.1) is 22.4 Å². The van der Waals surface area contributed by atoms with Crippen molar-refractivity contribution in [1.82, 2.24) is 40.2 Å². The highest BCUT2D eigenvalue weighted by Crippen LogP contribution is 2.44. The minimum atomic E-state index is -0.798. The third kappa shape index (κ3) is 3.66. The third-order valence-electron chi connectivity index (χ3n) is 7.58. The number of cyclic esters (lactones) is 1. The van der Waals surface area contributed by atoms with E-state index in [1.165, 1.54) is 11.0 Å². The lowest BCUT2D eigenvalue weighted by Gasteiger charge is -2.38. The number of β-amino-alcohol motifs (C(OH)–C–C–N with tert-alkyl or cyclic N) is 1. The summed E-state index contributed by atoms with van der Waals surface area (Å²) in [6, 6.07) is 0. The number of likely N-dealkylation sites (tertiary alicyclic amines) is 2. The molecule has 2 saturated heterocycles. The van der Waals surface area contributed by atoms with Gasteiger partial charge in [0.25, 0.3) is 0 Å². The van der Waals surface area contributed by atoms with Crippen molar-refractivity contribution in [3.8, 4) is 5.82 Å². The Hall–Kier alpha value is -3.25. The topological polar surface area (TPSA) is 139 Å². The molecule has 12 heteroatoms. The van der Waals surface area contributed by atoms with Crippen LogP contribution >= 0.6 is 0 Å². The summed E-state index contributed by atoms with van der Waals surface area (Å²) in [7, 11) is 0. The first kappa shape index (κ1) is 22.5. The summed E-state index contributed by atoms with van der Waals surface area (Å²) in [6.45, 7) is 8.15. The SMILES string of the molecule is CC1=C(N2CCC3(CCN(C[C@H](O)c4nnc(-n5cnnn5)c(C)c4C)CC3)C2=O)COC1=O. The molecule has 5 heterocycles. The number of hydrogen-bond acceptors (Lipinski definition) is 10. The highest BCUT2D eigenvalue weighted by atomic mass is 16.5. The number of esters is 1. The Balaban J connectivity index is 1.23. The highest BCUT2D eigenvalue weighted by molar-refractivity contribution is 5.94. The number of carbonyl (C=O) groups is 2. The molecule has 0 unspecified atom stereocenters. The fourth-order valence-corrected chi connectivity index (χ4v) is 5.19. The fourth-order valence-electron chi connectivity index (χ4n) is 5.19. The molecule has 1 atom stereocenters. The molecular formula is C22H28N8O4.